The molecule has 3 heteroatoms. The Bertz CT molecular complexity index is 492. The van der Waals surface area contributed by atoms with Gasteiger partial charge in [-0.3, -0.25) is 0 Å². The molecule has 1 aromatic carbocycles. The van der Waals surface area contributed by atoms with Crippen molar-refractivity contribution < 1.29 is 0 Å². The fourth-order valence-corrected chi connectivity index (χ4v) is 3.32. The van der Waals surface area contributed by atoms with Crippen molar-refractivity contribution in [3.63, 3.8) is 0 Å². The number of thiophene rings is 1. The van der Waals surface area contributed by atoms with E-state index in [4.69, 9.17) is 0 Å². The highest BCUT2D eigenvalue weighted by Crippen LogP contribution is 2.26. The Labute approximate surface area is 115 Å². The highest BCUT2D eigenvalue weighted by molar-refractivity contribution is 9.10. The number of nitrogens with one attached hydrogen (secondary N) is 1. The minimum absolute atomic E-state index is 0.406. The first kappa shape index (κ1) is 12.8. The molecule has 0 aliphatic carbocycles. The summed E-state index contributed by atoms with van der Waals surface area (Å²) in [6.45, 7) is 2.15. The predicted molar refractivity (Wildman–Crippen MR) is 78.7 cm³/mol. The molecular weight excluding hydrogens is 294 g/mol. The number of halogens is 1. The third-order valence-electron chi connectivity index (χ3n) is 2.78. The molecule has 0 aliphatic heterocycles. The van der Waals surface area contributed by atoms with Crippen LogP contribution in [0.4, 0.5) is 0 Å². The normalized spacial score (nSPS) is 12.6. The van der Waals surface area contributed by atoms with Crippen LogP contribution < -0.4 is 5.32 Å². The van der Waals surface area contributed by atoms with Crippen LogP contribution in [0.3, 0.4) is 0 Å². The van der Waals surface area contributed by atoms with E-state index in [0.29, 0.717) is 6.04 Å². The summed E-state index contributed by atoms with van der Waals surface area (Å²) in [7, 11) is 2.03. The van der Waals surface area contributed by atoms with Crippen LogP contribution in [0.2, 0.25) is 0 Å². The zero-order chi connectivity index (χ0) is 12.3. The van der Waals surface area contributed by atoms with Crippen LogP contribution in [-0.4, -0.2) is 7.05 Å². The maximum absolute atomic E-state index is 3.52. The van der Waals surface area contributed by atoms with E-state index in [9.17, 15) is 0 Å². The van der Waals surface area contributed by atoms with Gasteiger partial charge in [-0.05, 0) is 50.2 Å². The smallest absolute Gasteiger partial charge is 0.0453 e. The SMILES string of the molecule is CNC(Cc1cccc(Br)c1)c1ccc(C)s1. The van der Waals surface area contributed by atoms with Gasteiger partial charge in [0.2, 0.25) is 0 Å². The first-order valence-corrected chi connectivity index (χ1v) is 7.28. The van der Waals surface area contributed by atoms with Gasteiger partial charge in [-0.15, -0.1) is 11.3 Å². The van der Waals surface area contributed by atoms with Crippen LogP contribution in [0.5, 0.6) is 0 Å². The molecule has 0 radical (unpaired) electrons. The van der Waals surface area contributed by atoms with Crippen LogP contribution in [0.15, 0.2) is 40.9 Å². The number of benzene rings is 1. The molecule has 1 aromatic heterocycles. The Hall–Kier alpha value is -0.640. The maximum atomic E-state index is 3.52. The summed E-state index contributed by atoms with van der Waals surface area (Å²) in [5.41, 5.74) is 1.35. The van der Waals surface area contributed by atoms with E-state index in [0.717, 1.165) is 10.9 Å². The Kier molecular flexibility index (Phi) is 4.37. The third kappa shape index (κ3) is 3.41. The van der Waals surface area contributed by atoms with E-state index < -0.39 is 0 Å². The lowest BCUT2D eigenvalue weighted by Crippen LogP contribution is -2.17. The van der Waals surface area contributed by atoms with Crippen LogP contribution in [0, 0.1) is 6.92 Å². The average Bonchev–Trinajstić information content (AvgIpc) is 2.73. The van der Waals surface area contributed by atoms with Crippen molar-refractivity contribution in [1.29, 1.82) is 0 Å². The number of rotatable bonds is 4. The van der Waals surface area contributed by atoms with Crippen LogP contribution in [0.1, 0.15) is 21.4 Å². The van der Waals surface area contributed by atoms with Crippen molar-refractivity contribution in [3.8, 4) is 0 Å². The second-order valence-electron chi connectivity index (χ2n) is 4.12. The molecule has 0 saturated heterocycles. The Morgan fingerprint density at radius 1 is 1.29 bits per heavy atom. The monoisotopic (exact) mass is 309 g/mol. The van der Waals surface area contributed by atoms with Gasteiger partial charge in [0.1, 0.15) is 0 Å². The van der Waals surface area contributed by atoms with Crippen molar-refractivity contribution in [3.05, 3.63) is 56.2 Å². The quantitative estimate of drug-likeness (QED) is 0.886. The first-order valence-electron chi connectivity index (χ1n) is 5.67. The van der Waals surface area contributed by atoms with Gasteiger partial charge in [0.15, 0.2) is 0 Å². The second kappa shape index (κ2) is 5.80. The Morgan fingerprint density at radius 3 is 2.71 bits per heavy atom. The molecule has 1 nitrogen and oxygen atoms in total. The van der Waals surface area contributed by atoms with Gasteiger partial charge in [0.25, 0.3) is 0 Å². The highest BCUT2D eigenvalue weighted by Gasteiger charge is 2.11. The van der Waals surface area contributed by atoms with Gasteiger partial charge in [0.05, 0.1) is 0 Å². The van der Waals surface area contributed by atoms with E-state index in [2.05, 4.69) is 64.6 Å². The van der Waals surface area contributed by atoms with Crippen molar-refractivity contribution in [1.82, 2.24) is 5.32 Å². The summed E-state index contributed by atoms with van der Waals surface area (Å²) in [6, 6.07) is 13.3. The standard InChI is InChI=1S/C14H16BrNS/c1-10-6-7-14(17-10)13(16-2)9-11-4-3-5-12(15)8-11/h3-8,13,16H,9H2,1-2H3. The van der Waals surface area contributed by atoms with Crippen molar-refractivity contribution in [2.75, 3.05) is 7.05 Å². The van der Waals surface area contributed by atoms with Gasteiger partial charge >= 0.3 is 0 Å². The lowest BCUT2D eigenvalue weighted by atomic mass is 10.1. The Balaban J connectivity index is 2.15. The molecule has 0 amide bonds. The van der Waals surface area contributed by atoms with E-state index in [-0.39, 0.29) is 0 Å². The zero-order valence-corrected chi connectivity index (χ0v) is 12.4. The fourth-order valence-electron chi connectivity index (χ4n) is 1.89. The molecule has 0 spiro atoms. The highest BCUT2D eigenvalue weighted by atomic mass is 79.9. The largest absolute Gasteiger partial charge is 0.312 e. The zero-order valence-electron chi connectivity index (χ0n) is 10.0. The molecule has 1 N–H and O–H groups in total. The summed E-state index contributed by atoms with van der Waals surface area (Å²) in [5.74, 6) is 0. The molecule has 1 unspecified atom stereocenters. The second-order valence-corrected chi connectivity index (χ2v) is 6.36. The summed E-state index contributed by atoms with van der Waals surface area (Å²) in [5, 5.41) is 3.39. The topological polar surface area (TPSA) is 12.0 Å². The first-order chi connectivity index (χ1) is 8.19. The van der Waals surface area contributed by atoms with Crippen LogP contribution in [-0.2, 0) is 6.42 Å². The third-order valence-corrected chi connectivity index (χ3v) is 4.39. The van der Waals surface area contributed by atoms with E-state index in [1.165, 1.54) is 15.3 Å². The lowest BCUT2D eigenvalue weighted by Gasteiger charge is -2.14. The molecule has 90 valence electrons. The summed E-state index contributed by atoms with van der Waals surface area (Å²) in [6.07, 6.45) is 1.02. The van der Waals surface area contributed by atoms with Gasteiger partial charge in [0, 0.05) is 20.3 Å². The van der Waals surface area contributed by atoms with Crippen molar-refractivity contribution in [2.45, 2.75) is 19.4 Å². The van der Waals surface area contributed by atoms with Crippen LogP contribution in [0.25, 0.3) is 0 Å². The molecule has 1 heterocycles. The molecule has 2 rings (SSSR count). The van der Waals surface area contributed by atoms with E-state index >= 15 is 0 Å². The van der Waals surface area contributed by atoms with E-state index in [1.54, 1.807) is 0 Å². The molecular formula is C14H16BrNS. The van der Waals surface area contributed by atoms with E-state index in [1.807, 2.05) is 18.4 Å². The maximum Gasteiger partial charge on any atom is 0.0453 e. The van der Waals surface area contributed by atoms with Gasteiger partial charge in [-0.1, -0.05) is 28.1 Å². The molecule has 0 bridgehead atoms. The number of likely N-dealkylation sites (N-methyl/N-ethyl adjacent to an activating group) is 1. The van der Waals surface area contributed by atoms with Crippen molar-refractivity contribution >= 4 is 27.3 Å². The van der Waals surface area contributed by atoms with Gasteiger partial charge in [-0.25, -0.2) is 0 Å². The molecule has 0 aliphatic rings. The number of hydrogen-bond donors (Lipinski definition) is 1. The molecule has 0 saturated carbocycles. The molecule has 17 heavy (non-hydrogen) atoms. The molecule has 2 aromatic rings. The number of hydrogen-bond acceptors (Lipinski definition) is 2. The van der Waals surface area contributed by atoms with Gasteiger partial charge < -0.3 is 5.32 Å². The molecule has 1 atom stereocenters. The summed E-state index contributed by atoms with van der Waals surface area (Å²) < 4.78 is 1.15. The summed E-state index contributed by atoms with van der Waals surface area (Å²) in [4.78, 5) is 2.78. The summed E-state index contributed by atoms with van der Waals surface area (Å²) >= 11 is 5.39. The Morgan fingerprint density at radius 2 is 2.12 bits per heavy atom. The van der Waals surface area contributed by atoms with Crippen molar-refractivity contribution in [2.24, 2.45) is 0 Å². The predicted octanol–water partition coefficient (Wildman–Crippen LogP) is 4.32. The lowest BCUT2D eigenvalue weighted by molar-refractivity contribution is 0.602. The minimum Gasteiger partial charge on any atom is -0.312 e. The minimum atomic E-state index is 0.406. The van der Waals surface area contributed by atoms with Gasteiger partial charge in [-0.2, -0.15) is 0 Å². The average molecular weight is 310 g/mol. The fraction of sp³-hybridized carbons (Fsp3) is 0.286. The molecule has 0 fully saturated rings. The van der Waals surface area contributed by atoms with Crippen LogP contribution >= 0.6 is 27.3 Å². The number of aryl methyl sites for hydroxylation is 1.